The molecule has 4 rings (SSSR count). The molecule has 2 aromatic carbocycles. The highest BCUT2D eigenvalue weighted by molar-refractivity contribution is 6.06. The SMILES string of the molecule is Cc1ccc(/C=C/C(=O)c2ccc(OCC3CC4C=CC3C4)cc2)cc1. The van der Waals surface area contributed by atoms with Gasteiger partial charge >= 0.3 is 0 Å². The number of hydrogen-bond donors (Lipinski definition) is 0. The van der Waals surface area contributed by atoms with E-state index in [0.29, 0.717) is 17.4 Å². The van der Waals surface area contributed by atoms with Gasteiger partial charge in [0.2, 0.25) is 0 Å². The molecule has 1 saturated carbocycles. The molecule has 1 fully saturated rings. The van der Waals surface area contributed by atoms with Crippen molar-refractivity contribution < 1.29 is 9.53 Å². The van der Waals surface area contributed by atoms with Crippen LogP contribution in [0, 0.1) is 24.7 Å². The highest BCUT2D eigenvalue weighted by Crippen LogP contribution is 2.43. The molecule has 2 heteroatoms. The molecule has 2 aliphatic rings. The second-order valence-electron chi connectivity index (χ2n) is 7.48. The molecule has 26 heavy (non-hydrogen) atoms. The van der Waals surface area contributed by atoms with Gasteiger partial charge in [0.1, 0.15) is 5.75 Å². The summed E-state index contributed by atoms with van der Waals surface area (Å²) in [4.78, 5) is 12.3. The van der Waals surface area contributed by atoms with E-state index in [0.717, 1.165) is 23.8 Å². The van der Waals surface area contributed by atoms with Crippen molar-refractivity contribution in [1.82, 2.24) is 0 Å². The Kier molecular flexibility index (Phi) is 4.75. The predicted molar refractivity (Wildman–Crippen MR) is 105 cm³/mol. The summed E-state index contributed by atoms with van der Waals surface area (Å²) in [5.74, 6) is 2.97. The maximum Gasteiger partial charge on any atom is 0.185 e. The van der Waals surface area contributed by atoms with Crippen molar-refractivity contribution in [3.05, 3.63) is 83.4 Å². The van der Waals surface area contributed by atoms with E-state index >= 15 is 0 Å². The molecule has 0 aliphatic heterocycles. The average molecular weight is 344 g/mol. The molecule has 2 aliphatic carbocycles. The summed E-state index contributed by atoms with van der Waals surface area (Å²) in [7, 11) is 0. The van der Waals surface area contributed by atoms with E-state index in [1.165, 1.54) is 18.4 Å². The van der Waals surface area contributed by atoms with Crippen molar-refractivity contribution in [2.24, 2.45) is 17.8 Å². The third-order valence-corrected chi connectivity index (χ3v) is 5.52. The maximum absolute atomic E-state index is 12.3. The van der Waals surface area contributed by atoms with Crippen LogP contribution in [0.5, 0.6) is 5.75 Å². The second-order valence-corrected chi connectivity index (χ2v) is 7.48. The first-order chi connectivity index (χ1) is 12.7. The molecule has 0 heterocycles. The summed E-state index contributed by atoms with van der Waals surface area (Å²) < 4.78 is 5.95. The van der Waals surface area contributed by atoms with Crippen LogP contribution in [-0.4, -0.2) is 12.4 Å². The summed E-state index contributed by atoms with van der Waals surface area (Å²) in [6.45, 7) is 2.82. The molecule has 132 valence electrons. The van der Waals surface area contributed by atoms with Gasteiger partial charge in [0.15, 0.2) is 5.78 Å². The van der Waals surface area contributed by atoms with E-state index in [1.54, 1.807) is 6.08 Å². The average Bonchev–Trinajstić information content (AvgIpc) is 3.29. The minimum Gasteiger partial charge on any atom is -0.493 e. The molecule has 0 radical (unpaired) electrons. The fourth-order valence-electron chi connectivity index (χ4n) is 3.95. The summed E-state index contributed by atoms with van der Waals surface area (Å²) in [5.41, 5.74) is 2.93. The van der Waals surface area contributed by atoms with Crippen LogP contribution in [0.15, 0.2) is 66.8 Å². The van der Waals surface area contributed by atoms with Crippen LogP contribution >= 0.6 is 0 Å². The van der Waals surface area contributed by atoms with Crippen LogP contribution in [-0.2, 0) is 0 Å². The fraction of sp³-hybridized carbons (Fsp3) is 0.292. The first-order valence-electron chi connectivity index (χ1n) is 9.37. The zero-order valence-corrected chi connectivity index (χ0v) is 15.1. The van der Waals surface area contributed by atoms with Crippen molar-refractivity contribution in [2.75, 3.05) is 6.61 Å². The molecule has 2 nitrogen and oxygen atoms in total. The normalized spacial score (nSPS) is 23.7. The van der Waals surface area contributed by atoms with Gasteiger partial charge in [-0.15, -0.1) is 0 Å². The predicted octanol–water partition coefficient (Wildman–Crippen LogP) is 5.48. The fourth-order valence-corrected chi connectivity index (χ4v) is 3.95. The highest BCUT2D eigenvalue weighted by Gasteiger charge is 2.35. The Balaban J connectivity index is 1.32. The zero-order valence-electron chi connectivity index (χ0n) is 15.1. The van der Waals surface area contributed by atoms with Gasteiger partial charge in [0.25, 0.3) is 0 Å². The second kappa shape index (κ2) is 7.33. The van der Waals surface area contributed by atoms with Gasteiger partial charge in [-0.1, -0.05) is 48.1 Å². The molecular formula is C24H24O2. The van der Waals surface area contributed by atoms with Crippen LogP contribution < -0.4 is 4.74 Å². The third kappa shape index (κ3) is 3.80. The van der Waals surface area contributed by atoms with Crippen LogP contribution in [0.2, 0.25) is 0 Å². The first-order valence-corrected chi connectivity index (χ1v) is 9.37. The Bertz CT molecular complexity index is 828. The molecule has 0 saturated heterocycles. The quantitative estimate of drug-likeness (QED) is 0.394. The van der Waals surface area contributed by atoms with Crippen molar-refractivity contribution >= 4 is 11.9 Å². The van der Waals surface area contributed by atoms with Crippen LogP contribution in [0.3, 0.4) is 0 Å². The lowest BCUT2D eigenvalue weighted by Crippen LogP contribution is -2.16. The minimum absolute atomic E-state index is 0.00960. The largest absolute Gasteiger partial charge is 0.493 e. The molecule has 0 spiro atoms. The Morgan fingerprint density at radius 1 is 1.04 bits per heavy atom. The molecule has 2 bridgehead atoms. The van der Waals surface area contributed by atoms with E-state index in [9.17, 15) is 4.79 Å². The van der Waals surface area contributed by atoms with E-state index in [-0.39, 0.29) is 5.78 Å². The number of carbonyl (C=O) groups is 1. The van der Waals surface area contributed by atoms with Crippen molar-refractivity contribution in [1.29, 1.82) is 0 Å². The lowest BCUT2D eigenvalue weighted by Gasteiger charge is -2.18. The Hall–Kier alpha value is -2.61. The number of benzene rings is 2. The number of carbonyl (C=O) groups excluding carboxylic acids is 1. The molecular weight excluding hydrogens is 320 g/mol. The highest BCUT2D eigenvalue weighted by atomic mass is 16.5. The molecule has 2 aromatic rings. The van der Waals surface area contributed by atoms with Gasteiger partial charge in [-0.3, -0.25) is 4.79 Å². The Labute approximate surface area is 155 Å². The smallest absolute Gasteiger partial charge is 0.185 e. The molecule has 3 atom stereocenters. The van der Waals surface area contributed by atoms with E-state index in [1.807, 2.05) is 54.6 Å². The maximum atomic E-state index is 12.3. The number of ketones is 1. The van der Waals surface area contributed by atoms with Gasteiger partial charge in [-0.05, 0) is 73.4 Å². The standard InChI is InChI=1S/C24H24O2/c1-17-2-4-18(5-3-17)7-13-24(25)20-9-11-23(12-10-20)26-16-22-15-19-6-8-21(22)14-19/h2-13,19,21-22H,14-16H2,1H3/b13-7+. The monoisotopic (exact) mass is 344 g/mol. The van der Waals surface area contributed by atoms with Crippen LogP contribution in [0.1, 0.15) is 34.3 Å². The van der Waals surface area contributed by atoms with Crippen LogP contribution in [0.4, 0.5) is 0 Å². The van der Waals surface area contributed by atoms with Gasteiger partial charge in [-0.25, -0.2) is 0 Å². The summed E-state index contributed by atoms with van der Waals surface area (Å²) >= 11 is 0. The first kappa shape index (κ1) is 16.8. The molecule has 0 aromatic heterocycles. The number of fused-ring (bicyclic) bond motifs is 2. The number of hydrogen-bond acceptors (Lipinski definition) is 2. The number of rotatable bonds is 6. The van der Waals surface area contributed by atoms with Crippen molar-refractivity contribution in [2.45, 2.75) is 19.8 Å². The summed E-state index contributed by atoms with van der Waals surface area (Å²) in [6, 6.07) is 15.6. The molecule has 0 N–H and O–H groups in total. The summed E-state index contributed by atoms with van der Waals surface area (Å²) in [6.07, 6.45) is 10.7. The van der Waals surface area contributed by atoms with E-state index < -0.39 is 0 Å². The number of ether oxygens (including phenoxy) is 1. The number of allylic oxidation sites excluding steroid dienone is 3. The third-order valence-electron chi connectivity index (χ3n) is 5.52. The topological polar surface area (TPSA) is 26.3 Å². The zero-order chi connectivity index (χ0) is 17.9. The van der Waals surface area contributed by atoms with Crippen molar-refractivity contribution in [3.8, 4) is 5.75 Å². The minimum atomic E-state index is 0.00960. The van der Waals surface area contributed by atoms with Gasteiger partial charge in [-0.2, -0.15) is 0 Å². The van der Waals surface area contributed by atoms with Gasteiger partial charge in [0, 0.05) is 5.56 Å². The molecule has 0 amide bonds. The van der Waals surface area contributed by atoms with Gasteiger partial charge < -0.3 is 4.74 Å². The van der Waals surface area contributed by atoms with Crippen LogP contribution in [0.25, 0.3) is 6.08 Å². The molecule has 3 unspecified atom stereocenters. The summed E-state index contributed by atoms with van der Waals surface area (Å²) in [5, 5.41) is 0. The Morgan fingerprint density at radius 3 is 2.46 bits per heavy atom. The van der Waals surface area contributed by atoms with Gasteiger partial charge in [0.05, 0.1) is 6.61 Å². The van der Waals surface area contributed by atoms with Crippen molar-refractivity contribution in [3.63, 3.8) is 0 Å². The Morgan fingerprint density at radius 2 is 1.81 bits per heavy atom. The lowest BCUT2D eigenvalue weighted by molar-refractivity contribution is 0.104. The lowest BCUT2D eigenvalue weighted by atomic mass is 9.95. The van der Waals surface area contributed by atoms with E-state index in [2.05, 4.69) is 19.1 Å². The van der Waals surface area contributed by atoms with E-state index in [4.69, 9.17) is 4.74 Å². The number of aryl methyl sites for hydroxylation is 1.